The fraction of sp³-hybridized carbons (Fsp3) is 0.600. The van der Waals surface area contributed by atoms with Gasteiger partial charge in [-0.25, -0.2) is 0 Å². The third-order valence-electron chi connectivity index (χ3n) is 3.57. The summed E-state index contributed by atoms with van der Waals surface area (Å²) >= 11 is 0. The third kappa shape index (κ3) is 5.13. The van der Waals surface area contributed by atoms with Crippen LogP contribution in [0.25, 0.3) is 0 Å². The maximum Gasteiger partial charge on any atom is 0.411 e. The Hall–Kier alpha value is -1.07. The number of likely N-dealkylation sites (tertiary alicyclic amines) is 1. The Kier molecular flexibility index (Phi) is 5.43. The first-order chi connectivity index (χ1) is 9.54. The Morgan fingerprint density at radius 3 is 2.65 bits per heavy atom. The second-order valence-electron chi connectivity index (χ2n) is 5.22. The van der Waals surface area contributed by atoms with Crippen LogP contribution in [0.5, 0.6) is 0 Å². The molecule has 1 aromatic rings. The molecule has 0 radical (unpaired) electrons. The standard InChI is InChI=1S/C15H20F3NO/c16-15(17,18)12-20-10-4-8-19-9-7-14(11-19)13-5-2-1-3-6-13/h1-3,5-6,14H,4,7-12H2/t14-/m0/s1. The average Bonchev–Trinajstić information content (AvgIpc) is 2.87. The third-order valence-corrected chi connectivity index (χ3v) is 3.57. The lowest BCUT2D eigenvalue weighted by molar-refractivity contribution is -0.174. The molecule has 2 nitrogen and oxygen atoms in total. The van der Waals surface area contributed by atoms with Crippen molar-refractivity contribution in [2.75, 3.05) is 32.8 Å². The number of alkyl halides is 3. The fourth-order valence-corrected chi connectivity index (χ4v) is 2.61. The van der Waals surface area contributed by atoms with E-state index < -0.39 is 12.8 Å². The fourth-order valence-electron chi connectivity index (χ4n) is 2.61. The van der Waals surface area contributed by atoms with E-state index in [0.29, 0.717) is 12.3 Å². The SMILES string of the molecule is FC(F)(F)COCCCN1CC[C@H](c2ccccc2)C1. The van der Waals surface area contributed by atoms with Gasteiger partial charge >= 0.3 is 6.18 Å². The highest BCUT2D eigenvalue weighted by Gasteiger charge is 2.27. The van der Waals surface area contributed by atoms with Crippen molar-refractivity contribution >= 4 is 0 Å². The van der Waals surface area contributed by atoms with Crippen LogP contribution in [0.2, 0.25) is 0 Å². The highest BCUT2D eigenvalue weighted by atomic mass is 19.4. The van der Waals surface area contributed by atoms with Crippen LogP contribution in [0.1, 0.15) is 24.3 Å². The van der Waals surface area contributed by atoms with Gasteiger partial charge in [-0.2, -0.15) is 13.2 Å². The summed E-state index contributed by atoms with van der Waals surface area (Å²) in [7, 11) is 0. The number of halogens is 3. The van der Waals surface area contributed by atoms with E-state index in [1.54, 1.807) is 0 Å². The first-order valence-corrected chi connectivity index (χ1v) is 6.96. The molecule has 1 aliphatic rings. The molecule has 0 N–H and O–H groups in total. The molecular formula is C15H20F3NO. The monoisotopic (exact) mass is 287 g/mol. The van der Waals surface area contributed by atoms with Crippen molar-refractivity contribution in [1.82, 2.24) is 4.90 Å². The molecule has 0 spiro atoms. The minimum absolute atomic E-state index is 0.173. The van der Waals surface area contributed by atoms with Crippen molar-refractivity contribution in [3.8, 4) is 0 Å². The van der Waals surface area contributed by atoms with Crippen molar-refractivity contribution < 1.29 is 17.9 Å². The molecule has 0 aliphatic carbocycles. The molecule has 1 aliphatic heterocycles. The summed E-state index contributed by atoms with van der Waals surface area (Å²) in [6.07, 6.45) is -2.45. The van der Waals surface area contributed by atoms with Crippen molar-refractivity contribution in [3.63, 3.8) is 0 Å². The van der Waals surface area contributed by atoms with Gasteiger partial charge in [0.1, 0.15) is 6.61 Å². The van der Waals surface area contributed by atoms with E-state index in [-0.39, 0.29) is 6.61 Å². The molecule has 0 bridgehead atoms. The van der Waals surface area contributed by atoms with Crippen LogP contribution in [0.4, 0.5) is 13.2 Å². The Morgan fingerprint density at radius 2 is 1.95 bits per heavy atom. The number of rotatable bonds is 6. The van der Waals surface area contributed by atoms with Crippen molar-refractivity contribution in [2.45, 2.75) is 24.9 Å². The number of nitrogens with zero attached hydrogens (tertiary/aromatic N) is 1. The minimum atomic E-state index is -4.22. The van der Waals surface area contributed by atoms with Gasteiger partial charge in [-0.05, 0) is 30.9 Å². The van der Waals surface area contributed by atoms with Crippen LogP contribution in [0.15, 0.2) is 30.3 Å². The van der Waals surface area contributed by atoms with Gasteiger partial charge in [-0.3, -0.25) is 0 Å². The van der Waals surface area contributed by atoms with E-state index in [1.807, 2.05) is 18.2 Å². The summed E-state index contributed by atoms with van der Waals surface area (Å²) in [5.74, 6) is 0.548. The normalized spacial score (nSPS) is 20.4. The van der Waals surface area contributed by atoms with Crippen LogP contribution in [-0.2, 0) is 4.74 Å². The van der Waals surface area contributed by atoms with Crippen molar-refractivity contribution in [1.29, 1.82) is 0 Å². The minimum Gasteiger partial charge on any atom is -0.372 e. The van der Waals surface area contributed by atoms with Crippen LogP contribution < -0.4 is 0 Å². The Bertz CT molecular complexity index is 394. The lowest BCUT2D eigenvalue weighted by atomic mass is 9.99. The van der Waals surface area contributed by atoms with E-state index in [1.165, 1.54) is 5.56 Å². The Balaban J connectivity index is 1.62. The maximum absolute atomic E-state index is 11.9. The molecule has 0 aromatic heterocycles. The summed E-state index contributed by atoms with van der Waals surface area (Å²) in [6, 6.07) is 10.4. The topological polar surface area (TPSA) is 12.5 Å². The zero-order chi connectivity index (χ0) is 14.4. The van der Waals surface area contributed by atoms with E-state index in [0.717, 1.165) is 26.1 Å². The van der Waals surface area contributed by atoms with Gasteiger partial charge in [0.05, 0.1) is 0 Å². The molecule has 1 atom stereocenters. The quantitative estimate of drug-likeness (QED) is 0.743. The highest BCUT2D eigenvalue weighted by molar-refractivity contribution is 5.20. The Labute approximate surface area is 117 Å². The number of benzene rings is 1. The molecule has 1 saturated heterocycles. The first kappa shape index (κ1) is 15.3. The first-order valence-electron chi connectivity index (χ1n) is 6.96. The van der Waals surface area contributed by atoms with Crippen LogP contribution in [0, 0.1) is 0 Å². The van der Waals surface area contributed by atoms with Gasteiger partial charge in [0.25, 0.3) is 0 Å². The molecule has 112 valence electrons. The summed E-state index contributed by atoms with van der Waals surface area (Å²) in [6.45, 7) is 1.84. The number of ether oxygens (including phenoxy) is 1. The van der Waals surface area contributed by atoms with E-state index in [4.69, 9.17) is 0 Å². The number of hydrogen-bond acceptors (Lipinski definition) is 2. The summed E-state index contributed by atoms with van der Waals surface area (Å²) in [5.41, 5.74) is 1.35. The molecular weight excluding hydrogens is 267 g/mol. The summed E-state index contributed by atoms with van der Waals surface area (Å²) in [4.78, 5) is 2.30. The second kappa shape index (κ2) is 7.09. The lowest BCUT2D eigenvalue weighted by Crippen LogP contribution is -2.24. The highest BCUT2D eigenvalue weighted by Crippen LogP contribution is 2.26. The van der Waals surface area contributed by atoms with Gasteiger partial charge in [0.2, 0.25) is 0 Å². The zero-order valence-corrected chi connectivity index (χ0v) is 11.4. The predicted octanol–water partition coefficient (Wildman–Crippen LogP) is 3.44. The van der Waals surface area contributed by atoms with Gasteiger partial charge in [0.15, 0.2) is 0 Å². The maximum atomic E-state index is 11.9. The molecule has 0 saturated carbocycles. The smallest absolute Gasteiger partial charge is 0.372 e. The van der Waals surface area contributed by atoms with Crippen LogP contribution >= 0.6 is 0 Å². The molecule has 0 unspecified atom stereocenters. The molecule has 1 heterocycles. The van der Waals surface area contributed by atoms with E-state index >= 15 is 0 Å². The summed E-state index contributed by atoms with van der Waals surface area (Å²) < 4.78 is 40.3. The Morgan fingerprint density at radius 1 is 1.20 bits per heavy atom. The average molecular weight is 287 g/mol. The largest absolute Gasteiger partial charge is 0.411 e. The van der Waals surface area contributed by atoms with Crippen LogP contribution in [-0.4, -0.2) is 43.9 Å². The van der Waals surface area contributed by atoms with Gasteiger partial charge in [-0.15, -0.1) is 0 Å². The van der Waals surface area contributed by atoms with Gasteiger partial charge < -0.3 is 9.64 Å². The van der Waals surface area contributed by atoms with Crippen molar-refractivity contribution in [3.05, 3.63) is 35.9 Å². The van der Waals surface area contributed by atoms with Crippen molar-refractivity contribution in [2.24, 2.45) is 0 Å². The molecule has 2 rings (SSSR count). The zero-order valence-electron chi connectivity index (χ0n) is 11.4. The predicted molar refractivity (Wildman–Crippen MR) is 71.7 cm³/mol. The summed E-state index contributed by atoms with van der Waals surface area (Å²) in [5, 5.41) is 0. The molecule has 20 heavy (non-hydrogen) atoms. The second-order valence-corrected chi connectivity index (χ2v) is 5.22. The lowest BCUT2D eigenvalue weighted by Gasteiger charge is -2.16. The molecule has 1 aromatic carbocycles. The van der Waals surface area contributed by atoms with Crippen LogP contribution in [0.3, 0.4) is 0 Å². The van der Waals surface area contributed by atoms with Gasteiger partial charge in [-0.1, -0.05) is 30.3 Å². The number of hydrogen-bond donors (Lipinski definition) is 0. The molecule has 5 heteroatoms. The van der Waals surface area contributed by atoms with E-state index in [9.17, 15) is 13.2 Å². The molecule has 0 amide bonds. The van der Waals surface area contributed by atoms with E-state index in [2.05, 4.69) is 21.8 Å². The van der Waals surface area contributed by atoms with Gasteiger partial charge in [0, 0.05) is 19.7 Å². The molecule has 1 fully saturated rings.